The molecule has 2 heterocycles. The Morgan fingerprint density at radius 3 is 2.72 bits per heavy atom. The molecule has 2 aliphatic rings. The Kier molecular flexibility index (Phi) is 4.58. The number of hydrogen-bond donors (Lipinski definition) is 2. The van der Waals surface area contributed by atoms with Gasteiger partial charge < -0.3 is 15.2 Å². The van der Waals surface area contributed by atoms with E-state index in [0.29, 0.717) is 19.5 Å². The molecule has 2 atom stereocenters. The number of aromatic amines is 1. The van der Waals surface area contributed by atoms with Crippen molar-refractivity contribution in [3.8, 4) is 0 Å². The SMILES string of the molecule is O=C(NCCc1c[nH]c2ccccc12)C1CC1C(=O)N1CCc2ccccc2C1. The number of benzene rings is 2. The summed E-state index contributed by atoms with van der Waals surface area (Å²) < 4.78 is 0. The molecule has 5 nitrogen and oxygen atoms in total. The molecule has 1 aromatic heterocycles. The van der Waals surface area contributed by atoms with Gasteiger partial charge in [-0.05, 0) is 42.0 Å². The van der Waals surface area contributed by atoms with Crippen LogP contribution in [0.3, 0.4) is 0 Å². The standard InChI is InChI=1S/C24H25N3O2/c28-23(25-11-9-17-14-26-22-8-4-3-7-19(17)22)20-13-21(20)24(29)27-12-10-16-5-1-2-6-18(16)15-27/h1-8,14,20-21,26H,9-13,15H2,(H,25,28). The summed E-state index contributed by atoms with van der Waals surface area (Å²) in [6.45, 7) is 2.01. The summed E-state index contributed by atoms with van der Waals surface area (Å²) in [6.07, 6.45) is 4.37. The van der Waals surface area contributed by atoms with E-state index < -0.39 is 0 Å². The second kappa shape index (κ2) is 7.39. The highest BCUT2D eigenvalue weighted by Crippen LogP contribution is 2.41. The molecule has 148 valence electrons. The fourth-order valence-corrected chi connectivity index (χ4v) is 4.47. The number of carbonyl (C=O) groups excluding carboxylic acids is 2. The zero-order valence-electron chi connectivity index (χ0n) is 16.4. The molecule has 29 heavy (non-hydrogen) atoms. The monoisotopic (exact) mass is 387 g/mol. The molecule has 1 saturated carbocycles. The van der Waals surface area contributed by atoms with Gasteiger partial charge in [0.25, 0.3) is 0 Å². The third kappa shape index (κ3) is 3.53. The Morgan fingerprint density at radius 1 is 1.03 bits per heavy atom. The minimum atomic E-state index is -0.164. The lowest BCUT2D eigenvalue weighted by molar-refractivity contribution is -0.135. The van der Waals surface area contributed by atoms with Gasteiger partial charge in [0.15, 0.2) is 0 Å². The molecule has 5 heteroatoms. The molecule has 5 rings (SSSR count). The van der Waals surface area contributed by atoms with Crippen LogP contribution in [0, 0.1) is 11.8 Å². The average molecular weight is 387 g/mol. The highest BCUT2D eigenvalue weighted by atomic mass is 16.2. The summed E-state index contributed by atoms with van der Waals surface area (Å²) in [4.78, 5) is 30.5. The topological polar surface area (TPSA) is 65.2 Å². The predicted molar refractivity (Wildman–Crippen MR) is 112 cm³/mol. The maximum absolute atomic E-state index is 12.8. The van der Waals surface area contributed by atoms with Crippen molar-refractivity contribution in [1.82, 2.24) is 15.2 Å². The largest absolute Gasteiger partial charge is 0.361 e. The van der Waals surface area contributed by atoms with Gasteiger partial charge in [0.05, 0.1) is 11.8 Å². The number of hydrogen-bond acceptors (Lipinski definition) is 2. The zero-order chi connectivity index (χ0) is 19.8. The maximum atomic E-state index is 12.8. The molecule has 1 aliphatic carbocycles. The summed E-state index contributed by atoms with van der Waals surface area (Å²) in [6, 6.07) is 16.5. The maximum Gasteiger partial charge on any atom is 0.226 e. The van der Waals surface area contributed by atoms with E-state index in [9.17, 15) is 9.59 Å². The summed E-state index contributed by atoms with van der Waals surface area (Å²) in [5, 5.41) is 4.23. The molecule has 0 bridgehead atoms. The summed E-state index contributed by atoms with van der Waals surface area (Å²) in [7, 11) is 0. The number of rotatable bonds is 5. The van der Waals surface area contributed by atoms with Gasteiger partial charge in [-0.2, -0.15) is 0 Å². The number of nitrogens with zero attached hydrogens (tertiary/aromatic N) is 1. The Bertz CT molecular complexity index is 1070. The van der Waals surface area contributed by atoms with E-state index in [4.69, 9.17) is 0 Å². The lowest BCUT2D eigenvalue weighted by Crippen LogP contribution is -2.38. The van der Waals surface area contributed by atoms with Crippen molar-refractivity contribution in [3.05, 3.63) is 71.4 Å². The van der Waals surface area contributed by atoms with Crippen LogP contribution in [0.1, 0.15) is 23.1 Å². The van der Waals surface area contributed by atoms with Gasteiger partial charge >= 0.3 is 0 Å². The first kappa shape index (κ1) is 18.0. The lowest BCUT2D eigenvalue weighted by atomic mass is 9.99. The van der Waals surface area contributed by atoms with Gasteiger partial charge in [-0.1, -0.05) is 42.5 Å². The molecule has 2 aromatic carbocycles. The number of amides is 2. The quantitative estimate of drug-likeness (QED) is 0.707. The van der Waals surface area contributed by atoms with Gasteiger partial charge in [0.2, 0.25) is 11.8 Å². The minimum Gasteiger partial charge on any atom is -0.361 e. The van der Waals surface area contributed by atoms with Crippen LogP contribution < -0.4 is 5.32 Å². The number of para-hydroxylation sites is 1. The van der Waals surface area contributed by atoms with Crippen molar-refractivity contribution in [2.75, 3.05) is 13.1 Å². The van der Waals surface area contributed by atoms with E-state index in [0.717, 1.165) is 24.9 Å². The fourth-order valence-electron chi connectivity index (χ4n) is 4.47. The van der Waals surface area contributed by atoms with E-state index in [1.165, 1.54) is 22.1 Å². The van der Waals surface area contributed by atoms with E-state index in [1.807, 2.05) is 35.4 Å². The molecule has 3 aromatic rings. The van der Waals surface area contributed by atoms with Crippen LogP contribution in [0.25, 0.3) is 10.9 Å². The van der Waals surface area contributed by atoms with Crippen LogP contribution in [0.15, 0.2) is 54.7 Å². The Hall–Kier alpha value is -3.08. The minimum absolute atomic E-state index is 0.0144. The number of aromatic nitrogens is 1. The van der Waals surface area contributed by atoms with Gasteiger partial charge in [0.1, 0.15) is 0 Å². The normalized spacial score (nSPS) is 20.3. The Balaban J connectivity index is 1.12. The van der Waals surface area contributed by atoms with E-state index in [1.54, 1.807) is 0 Å². The van der Waals surface area contributed by atoms with Crippen molar-refractivity contribution in [2.24, 2.45) is 11.8 Å². The van der Waals surface area contributed by atoms with Crippen molar-refractivity contribution in [2.45, 2.75) is 25.8 Å². The molecule has 1 fully saturated rings. The first-order valence-electron chi connectivity index (χ1n) is 10.4. The molecule has 0 radical (unpaired) electrons. The van der Waals surface area contributed by atoms with Crippen molar-refractivity contribution >= 4 is 22.7 Å². The number of fused-ring (bicyclic) bond motifs is 2. The van der Waals surface area contributed by atoms with Gasteiger partial charge in [-0.3, -0.25) is 9.59 Å². The molecule has 2 N–H and O–H groups in total. The Labute approximate surface area is 170 Å². The van der Waals surface area contributed by atoms with Crippen LogP contribution in [0.4, 0.5) is 0 Å². The van der Waals surface area contributed by atoms with E-state index >= 15 is 0 Å². The van der Waals surface area contributed by atoms with Crippen LogP contribution in [0.2, 0.25) is 0 Å². The molecule has 0 saturated heterocycles. The molecular formula is C24H25N3O2. The van der Waals surface area contributed by atoms with Crippen molar-refractivity contribution in [3.63, 3.8) is 0 Å². The number of carbonyl (C=O) groups is 2. The van der Waals surface area contributed by atoms with Crippen LogP contribution in [-0.2, 0) is 29.0 Å². The Morgan fingerprint density at radius 2 is 1.83 bits per heavy atom. The summed E-state index contributed by atoms with van der Waals surface area (Å²) >= 11 is 0. The molecule has 2 unspecified atom stereocenters. The zero-order valence-corrected chi connectivity index (χ0v) is 16.4. The fraction of sp³-hybridized carbons (Fsp3) is 0.333. The summed E-state index contributed by atoms with van der Waals surface area (Å²) in [5.41, 5.74) is 4.88. The third-order valence-electron chi connectivity index (χ3n) is 6.26. The van der Waals surface area contributed by atoms with E-state index in [2.05, 4.69) is 34.6 Å². The van der Waals surface area contributed by atoms with E-state index in [-0.39, 0.29) is 23.7 Å². The van der Waals surface area contributed by atoms with Gasteiger partial charge in [-0.15, -0.1) is 0 Å². The molecular weight excluding hydrogens is 362 g/mol. The van der Waals surface area contributed by atoms with Gasteiger partial charge in [-0.25, -0.2) is 0 Å². The summed E-state index contributed by atoms with van der Waals surface area (Å²) in [5.74, 6) is -0.159. The second-order valence-corrected chi connectivity index (χ2v) is 8.13. The smallest absolute Gasteiger partial charge is 0.226 e. The predicted octanol–water partition coefficient (Wildman–Crippen LogP) is 3.05. The van der Waals surface area contributed by atoms with Crippen LogP contribution >= 0.6 is 0 Å². The lowest BCUT2D eigenvalue weighted by Gasteiger charge is -2.29. The first-order chi connectivity index (χ1) is 14.2. The average Bonchev–Trinajstić information content (AvgIpc) is 3.47. The molecule has 2 amide bonds. The first-order valence-corrected chi connectivity index (χ1v) is 10.4. The third-order valence-corrected chi connectivity index (χ3v) is 6.26. The second-order valence-electron chi connectivity index (χ2n) is 8.13. The molecule has 1 aliphatic heterocycles. The van der Waals surface area contributed by atoms with Crippen molar-refractivity contribution < 1.29 is 9.59 Å². The molecule has 0 spiro atoms. The highest BCUT2D eigenvalue weighted by Gasteiger charge is 2.49. The highest BCUT2D eigenvalue weighted by molar-refractivity contribution is 5.92. The van der Waals surface area contributed by atoms with Crippen LogP contribution in [0.5, 0.6) is 0 Å². The van der Waals surface area contributed by atoms with Crippen LogP contribution in [-0.4, -0.2) is 34.8 Å². The number of H-pyrrole nitrogens is 1. The van der Waals surface area contributed by atoms with Gasteiger partial charge in [0, 0.05) is 36.7 Å². The number of nitrogens with one attached hydrogen (secondary N) is 2. The van der Waals surface area contributed by atoms with Crippen molar-refractivity contribution in [1.29, 1.82) is 0 Å².